The standard InChI is InChI=1S/C11H10BrN3OS/c1-7-10(16)14-11(17-7)15-13-6-8-3-2-4-9(12)5-8/h2-7H,1H3,(H,14,15,16)/b13-6-/t7-/m1/s1. The molecule has 0 spiro atoms. The molecule has 1 aliphatic rings. The Hall–Kier alpha value is -1.14. The summed E-state index contributed by atoms with van der Waals surface area (Å²) < 4.78 is 0.992. The van der Waals surface area contributed by atoms with Crippen molar-refractivity contribution in [2.45, 2.75) is 12.2 Å². The van der Waals surface area contributed by atoms with Crippen LogP contribution < -0.4 is 5.32 Å². The average molecular weight is 312 g/mol. The maximum absolute atomic E-state index is 11.2. The van der Waals surface area contributed by atoms with Gasteiger partial charge in [-0.1, -0.05) is 39.8 Å². The topological polar surface area (TPSA) is 53.8 Å². The van der Waals surface area contributed by atoms with Gasteiger partial charge in [0.05, 0.1) is 11.5 Å². The highest BCUT2D eigenvalue weighted by Crippen LogP contribution is 2.18. The molecule has 0 aromatic heterocycles. The summed E-state index contributed by atoms with van der Waals surface area (Å²) in [5.41, 5.74) is 0.950. The highest BCUT2D eigenvalue weighted by Gasteiger charge is 2.25. The lowest BCUT2D eigenvalue weighted by Crippen LogP contribution is -2.23. The number of carbonyl (C=O) groups is 1. The third-order valence-corrected chi connectivity index (χ3v) is 3.56. The third kappa shape index (κ3) is 3.41. The second kappa shape index (κ2) is 5.46. The van der Waals surface area contributed by atoms with Crippen LogP contribution in [0, 0.1) is 0 Å². The van der Waals surface area contributed by atoms with Gasteiger partial charge in [-0.05, 0) is 24.6 Å². The van der Waals surface area contributed by atoms with Crippen molar-refractivity contribution in [2.24, 2.45) is 10.2 Å². The summed E-state index contributed by atoms with van der Waals surface area (Å²) in [6.45, 7) is 1.83. The van der Waals surface area contributed by atoms with Gasteiger partial charge in [-0.15, -0.1) is 5.10 Å². The molecule has 17 heavy (non-hydrogen) atoms. The summed E-state index contributed by atoms with van der Waals surface area (Å²) in [6, 6.07) is 7.73. The fourth-order valence-electron chi connectivity index (χ4n) is 1.24. The summed E-state index contributed by atoms with van der Waals surface area (Å²) in [5.74, 6) is -0.0218. The third-order valence-electron chi connectivity index (χ3n) is 2.09. The molecule has 0 saturated carbocycles. The lowest BCUT2D eigenvalue weighted by atomic mass is 10.2. The van der Waals surface area contributed by atoms with Gasteiger partial charge in [0.15, 0.2) is 5.17 Å². The Kier molecular flexibility index (Phi) is 3.96. The van der Waals surface area contributed by atoms with E-state index in [0.717, 1.165) is 10.0 Å². The molecule has 1 saturated heterocycles. The molecule has 1 amide bonds. The van der Waals surface area contributed by atoms with Crippen LogP contribution in [0.1, 0.15) is 12.5 Å². The molecule has 1 aromatic rings. The first-order valence-electron chi connectivity index (χ1n) is 4.99. The molecule has 0 radical (unpaired) electrons. The summed E-state index contributed by atoms with van der Waals surface area (Å²) in [6.07, 6.45) is 1.65. The Labute approximate surface area is 112 Å². The van der Waals surface area contributed by atoms with Crippen molar-refractivity contribution >= 4 is 45.0 Å². The van der Waals surface area contributed by atoms with Crippen molar-refractivity contribution in [3.63, 3.8) is 0 Å². The minimum Gasteiger partial charge on any atom is -0.303 e. The molecular weight excluding hydrogens is 302 g/mol. The van der Waals surface area contributed by atoms with E-state index in [-0.39, 0.29) is 11.2 Å². The predicted octanol–water partition coefficient (Wildman–Crippen LogP) is 2.39. The van der Waals surface area contributed by atoms with Crippen molar-refractivity contribution in [3.05, 3.63) is 34.3 Å². The van der Waals surface area contributed by atoms with Crippen molar-refractivity contribution in [1.29, 1.82) is 0 Å². The van der Waals surface area contributed by atoms with Crippen LogP contribution in [-0.4, -0.2) is 22.5 Å². The van der Waals surface area contributed by atoms with E-state index in [1.807, 2.05) is 31.2 Å². The van der Waals surface area contributed by atoms with Gasteiger partial charge >= 0.3 is 0 Å². The fourth-order valence-corrected chi connectivity index (χ4v) is 2.41. The molecule has 1 heterocycles. The zero-order chi connectivity index (χ0) is 12.3. The molecule has 1 atom stereocenters. The Morgan fingerprint density at radius 2 is 2.35 bits per heavy atom. The van der Waals surface area contributed by atoms with Gasteiger partial charge in [-0.3, -0.25) is 4.79 Å². The van der Waals surface area contributed by atoms with Crippen LogP contribution >= 0.6 is 27.7 Å². The lowest BCUT2D eigenvalue weighted by Gasteiger charge is -1.92. The molecule has 0 unspecified atom stereocenters. The second-order valence-corrected chi connectivity index (χ2v) is 5.70. The number of carbonyl (C=O) groups excluding carboxylic acids is 1. The molecule has 1 aliphatic heterocycles. The van der Waals surface area contributed by atoms with Crippen LogP contribution in [0.5, 0.6) is 0 Å². The molecule has 1 aromatic carbocycles. The highest BCUT2D eigenvalue weighted by atomic mass is 79.9. The number of hydrogen-bond acceptors (Lipinski definition) is 4. The fraction of sp³-hybridized carbons (Fsp3) is 0.182. The minimum atomic E-state index is -0.0881. The van der Waals surface area contributed by atoms with Gasteiger partial charge in [-0.25, -0.2) is 0 Å². The SMILES string of the molecule is C[C@H]1S/C(=N\N=C/c2cccc(Br)c2)NC1=O. The number of benzene rings is 1. The summed E-state index contributed by atoms with van der Waals surface area (Å²) >= 11 is 4.76. The first kappa shape index (κ1) is 12.3. The smallest absolute Gasteiger partial charge is 0.239 e. The Morgan fingerprint density at radius 3 is 3.00 bits per heavy atom. The van der Waals surface area contributed by atoms with Crippen LogP contribution in [0.4, 0.5) is 0 Å². The Bertz CT molecular complexity index is 501. The lowest BCUT2D eigenvalue weighted by molar-refractivity contribution is -0.118. The largest absolute Gasteiger partial charge is 0.303 e. The molecule has 2 rings (SSSR count). The van der Waals surface area contributed by atoms with E-state index < -0.39 is 0 Å². The second-order valence-electron chi connectivity index (χ2n) is 3.45. The Balaban J connectivity index is 2.03. The number of halogens is 1. The van der Waals surface area contributed by atoms with Crippen LogP contribution in [-0.2, 0) is 4.79 Å². The highest BCUT2D eigenvalue weighted by molar-refractivity contribution is 9.10. The van der Waals surface area contributed by atoms with E-state index in [1.54, 1.807) is 6.21 Å². The zero-order valence-corrected chi connectivity index (χ0v) is 11.5. The van der Waals surface area contributed by atoms with Crippen molar-refractivity contribution in [1.82, 2.24) is 5.32 Å². The predicted molar refractivity (Wildman–Crippen MR) is 74.4 cm³/mol. The number of amidine groups is 1. The monoisotopic (exact) mass is 311 g/mol. The van der Waals surface area contributed by atoms with Crippen LogP contribution in [0.3, 0.4) is 0 Å². The van der Waals surface area contributed by atoms with Crippen molar-refractivity contribution in [3.8, 4) is 0 Å². The number of nitrogens with zero attached hydrogens (tertiary/aromatic N) is 2. The number of amides is 1. The molecule has 6 heteroatoms. The first-order chi connectivity index (χ1) is 8.15. The summed E-state index contributed by atoms with van der Waals surface area (Å²) in [4.78, 5) is 11.2. The molecule has 1 fully saturated rings. The number of nitrogens with one attached hydrogen (secondary N) is 1. The number of rotatable bonds is 2. The first-order valence-corrected chi connectivity index (χ1v) is 6.66. The summed E-state index contributed by atoms with van der Waals surface area (Å²) in [5, 5.41) is 11.0. The molecule has 88 valence electrons. The zero-order valence-electron chi connectivity index (χ0n) is 9.05. The van der Waals surface area contributed by atoms with Crippen molar-refractivity contribution < 1.29 is 4.79 Å². The molecular formula is C11H10BrN3OS. The van der Waals surface area contributed by atoms with Crippen LogP contribution in [0.25, 0.3) is 0 Å². The van der Waals surface area contributed by atoms with Crippen LogP contribution in [0.2, 0.25) is 0 Å². The minimum absolute atomic E-state index is 0.0218. The van der Waals surface area contributed by atoms with Crippen LogP contribution in [0.15, 0.2) is 38.9 Å². The van der Waals surface area contributed by atoms with E-state index >= 15 is 0 Å². The molecule has 1 N–H and O–H groups in total. The maximum atomic E-state index is 11.2. The number of hydrogen-bond donors (Lipinski definition) is 1. The van der Waals surface area contributed by atoms with Gasteiger partial charge in [0.1, 0.15) is 0 Å². The number of thioether (sulfide) groups is 1. The Morgan fingerprint density at radius 1 is 1.53 bits per heavy atom. The maximum Gasteiger partial charge on any atom is 0.239 e. The van der Waals surface area contributed by atoms with E-state index in [9.17, 15) is 4.79 Å². The van der Waals surface area contributed by atoms with Gasteiger partial charge in [0.2, 0.25) is 5.91 Å². The molecule has 4 nitrogen and oxygen atoms in total. The summed E-state index contributed by atoms with van der Waals surface area (Å²) in [7, 11) is 0. The van der Waals surface area contributed by atoms with E-state index in [0.29, 0.717) is 5.17 Å². The van der Waals surface area contributed by atoms with Gasteiger partial charge in [-0.2, -0.15) is 5.10 Å². The van der Waals surface area contributed by atoms with E-state index in [1.165, 1.54) is 11.8 Å². The molecule has 0 aliphatic carbocycles. The normalized spacial score (nSPS) is 22.4. The van der Waals surface area contributed by atoms with E-state index in [2.05, 4.69) is 31.4 Å². The van der Waals surface area contributed by atoms with Gasteiger partial charge < -0.3 is 5.32 Å². The van der Waals surface area contributed by atoms with Gasteiger partial charge in [0.25, 0.3) is 0 Å². The average Bonchev–Trinajstić information content (AvgIpc) is 2.58. The van der Waals surface area contributed by atoms with Crippen molar-refractivity contribution in [2.75, 3.05) is 0 Å². The molecule has 0 bridgehead atoms. The van der Waals surface area contributed by atoms with E-state index in [4.69, 9.17) is 0 Å². The van der Waals surface area contributed by atoms with Gasteiger partial charge in [0, 0.05) is 4.47 Å². The quantitative estimate of drug-likeness (QED) is 0.673.